The molecule has 0 saturated heterocycles. The molecule has 1 rings (SSSR count). The lowest BCUT2D eigenvalue weighted by atomic mass is 10.0. The first-order valence-corrected chi connectivity index (χ1v) is 8.40. The molecule has 0 fully saturated rings. The van der Waals surface area contributed by atoms with E-state index in [1.165, 1.54) is 19.3 Å². The number of ether oxygens (including phenoxy) is 1. The topological polar surface area (TPSA) is 65.2 Å². The van der Waals surface area contributed by atoms with Crippen molar-refractivity contribution in [2.24, 2.45) is 5.92 Å². The van der Waals surface area contributed by atoms with E-state index >= 15 is 0 Å². The first-order valence-electron chi connectivity index (χ1n) is 8.40. The van der Waals surface area contributed by atoms with Crippen LogP contribution in [0.2, 0.25) is 0 Å². The summed E-state index contributed by atoms with van der Waals surface area (Å²) in [6.45, 7) is 13.7. The Morgan fingerprint density at radius 3 is 2.57 bits per heavy atom. The lowest BCUT2D eigenvalue weighted by molar-refractivity contribution is -0.150. The van der Waals surface area contributed by atoms with E-state index in [0.29, 0.717) is 17.3 Å². The molecular weight excluding hydrogens is 292 g/mol. The minimum absolute atomic E-state index is 0.231. The van der Waals surface area contributed by atoms with Crippen molar-refractivity contribution in [3.05, 3.63) is 23.9 Å². The molecule has 5 nitrogen and oxygen atoms in total. The number of aromatic nitrogens is 2. The summed E-state index contributed by atoms with van der Waals surface area (Å²) in [5, 5.41) is 3.96. The van der Waals surface area contributed by atoms with Gasteiger partial charge in [0.1, 0.15) is 5.60 Å². The van der Waals surface area contributed by atoms with Crippen molar-refractivity contribution in [2.45, 2.75) is 78.7 Å². The molecule has 0 radical (unpaired) electrons. The number of carbonyl (C=O) groups excluding carboxylic acids is 1. The van der Waals surface area contributed by atoms with E-state index in [1.54, 1.807) is 0 Å². The van der Waals surface area contributed by atoms with E-state index < -0.39 is 11.6 Å². The molecule has 130 valence electrons. The summed E-state index contributed by atoms with van der Waals surface area (Å²) in [6.07, 6.45) is 5.76. The quantitative estimate of drug-likeness (QED) is 0.386. The maximum Gasteiger partial charge on any atom is 0.334 e. The second-order valence-electron chi connectivity index (χ2n) is 7.38. The van der Waals surface area contributed by atoms with Crippen molar-refractivity contribution in [3.8, 4) is 0 Å². The third-order valence-corrected chi connectivity index (χ3v) is 3.24. The van der Waals surface area contributed by atoms with Crippen LogP contribution in [0.4, 0.5) is 0 Å². The Hall–Kier alpha value is -1.65. The molecule has 0 unspecified atom stereocenters. The van der Waals surface area contributed by atoms with Crippen LogP contribution in [-0.4, -0.2) is 21.7 Å². The van der Waals surface area contributed by atoms with E-state index in [9.17, 15) is 4.79 Å². The van der Waals surface area contributed by atoms with Gasteiger partial charge in [-0.25, -0.2) is 4.79 Å². The number of hydrogen-bond acceptors (Lipinski definition) is 5. The van der Waals surface area contributed by atoms with Crippen molar-refractivity contribution in [1.82, 2.24) is 10.1 Å². The molecule has 0 spiro atoms. The second kappa shape index (κ2) is 8.85. The first-order chi connectivity index (χ1) is 10.7. The van der Waals surface area contributed by atoms with E-state index in [1.807, 2.05) is 20.8 Å². The predicted molar refractivity (Wildman–Crippen MR) is 90.0 cm³/mol. The molecule has 0 saturated carbocycles. The molecule has 0 atom stereocenters. The van der Waals surface area contributed by atoms with E-state index in [4.69, 9.17) is 9.26 Å². The Kier molecular flexibility index (Phi) is 7.46. The van der Waals surface area contributed by atoms with Gasteiger partial charge in [-0.3, -0.25) is 0 Å². The van der Waals surface area contributed by atoms with Gasteiger partial charge in [0.05, 0.1) is 6.42 Å². The molecule has 1 aromatic rings. The smallest absolute Gasteiger partial charge is 0.334 e. The molecule has 0 amide bonds. The van der Waals surface area contributed by atoms with Crippen LogP contribution < -0.4 is 0 Å². The molecule has 23 heavy (non-hydrogen) atoms. The maximum absolute atomic E-state index is 11.9. The zero-order chi connectivity index (χ0) is 17.5. The van der Waals surface area contributed by atoms with Crippen molar-refractivity contribution in [3.63, 3.8) is 0 Å². The average molecular weight is 322 g/mol. The molecule has 0 N–H and O–H groups in total. The summed E-state index contributed by atoms with van der Waals surface area (Å²) in [4.78, 5) is 16.2. The van der Waals surface area contributed by atoms with Gasteiger partial charge in [0.2, 0.25) is 5.89 Å². The van der Waals surface area contributed by atoms with Crippen LogP contribution in [0.5, 0.6) is 0 Å². The zero-order valence-electron chi connectivity index (χ0n) is 15.1. The van der Waals surface area contributed by atoms with Gasteiger partial charge in [0.25, 0.3) is 0 Å². The number of esters is 1. The summed E-state index contributed by atoms with van der Waals surface area (Å²) in [6, 6.07) is 0. The van der Waals surface area contributed by atoms with Gasteiger partial charge in [0, 0.05) is 12.0 Å². The van der Waals surface area contributed by atoms with Gasteiger partial charge in [0.15, 0.2) is 5.82 Å². The summed E-state index contributed by atoms with van der Waals surface area (Å²) in [5.74, 6) is 1.44. The molecule has 0 bridgehead atoms. The molecule has 0 aliphatic rings. The van der Waals surface area contributed by atoms with Crippen LogP contribution >= 0.6 is 0 Å². The van der Waals surface area contributed by atoms with Crippen LogP contribution in [0.1, 0.15) is 72.0 Å². The Labute approximate surface area is 139 Å². The minimum Gasteiger partial charge on any atom is -0.457 e. The highest BCUT2D eigenvalue weighted by Gasteiger charge is 2.20. The molecule has 5 heteroatoms. The summed E-state index contributed by atoms with van der Waals surface area (Å²) in [5.41, 5.74) is -0.206. The van der Waals surface area contributed by atoms with E-state index in [0.717, 1.165) is 18.8 Å². The number of rotatable bonds is 9. The fourth-order valence-electron chi connectivity index (χ4n) is 2.08. The van der Waals surface area contributed by atoms with Gasteiger partial charge in [-0.05, 0) is 33.1 Å². The highest BCUT2D eigenvalue weighted by Crippen LogP contribution is 2.14. The first kappa shape index (κ1) is 19.4. The molecular formula is C18H30N2O3. The lowest BCUT2D eigenvalue weighted by Crippen LogP contribution is -2.25. The van der Waals surface area contributed by atoms with Crippen LogP contribution in [0, 0.1) is 5.92 Å². The molecule has 0 aromatic carbocycles. The predicted octanol–water partition coefficient (Wildman–Crippen LogP) is 4.27. The third kappa shape index (κ3) is 8.53. The second-order valence-corrected chi connectivity index (χ2v) is 7.38. The number of nitrogens with zero attached hydrogens (tertiary/aromatic N) is 2. The number of unbranched alkanes of at least 4 members (excludes halogenated alkanes) is 2. The summed E-state index contributed by atoms with van der Waals surface area (Å²) >= 11 is 0. The molecule has 0 aliphatic heterocycles. The van der Waals surface area contributed by atoms with E-state index in [-0.39, 0.29) is 6.42 Å². The van der Waals surface area contributed by atoms with E-state index in [2.05, 4.69) is 30.6 Å². The van der Waals surface area contributed by atoms with Crippen molar-refractivity contribution in [1.29, 1.82) is 0 Å². The van der Waals surface area contributed by atoms with Gasteiger partial charge >= 0.3 is 5.97 Å². The summed E-state index contributed by atoms with van der Waals surface area (Å²) in [7, 11) is 0. The summed E-state index contributed by atoms with van der Waals surface area (Å²) < 4.78 is 10.4. The Morgan fingerprint density at radius 2 is 1.96 bits per heavy atom. The van der Waals surface area contributed by atoms with Gasteiger partial charge < -0.3 is 9.26 Å². The normalized spacial score (nSPS) is 11.7. The lowest BCUT2D eigenvalue weighted by Gasteiger charge is -2.19. The van der Waals surface area contributed by atoms with Crippen molar-refractivity contribution in [2.75, 3.05) is 0 Å². The number of carbonyl (C=O) groups is 1. The number of hydrogen-bond donors (Lipinski definition) is 0. The molecule has 1 aromatic heterocycles. The Balaban J connectivity index is 2.35. The average Bonchev–Trinajstić information content (AvgIpc) is 2.83. The van der Waals surface area contributed by atoms with Crippen LogP contribution in [0.15, 0.2) is 16.7 Å². The number of aryl methyl sites for hydroxylation is 1. The standard InChI is InChI=1S/C18H30N2O3/c1-13(2)10-8-7-9-11-15-19-16(23-20-15)12-14(3)17(21)22-18(4,5)6/h13H,3,7-12H2,1-2,4-6H3. The zero-order valence-corrected chi connectivity index (χ0v) is 15.1. The van der Waals surface area contributed by atoms with Gasteiger partial charge in [-0.15, -0.1) is 0 Å². The van der Waals surface area contributed by atoms with Crippen LogP contribution in [0.25, 0.3) is 0 Å². The fraction of sp³-hybridized carbons (Fsp3) is 0.722. The largest absolute Gasteiger partial charge is 0.457 e. The highest BCUT2D eigenvalue weighted by atomic mass is 16.6. The maximum atomic E-state index is 11.9. The third-order valence-electron chi connectivity index (χ3n) is 3.24. The molecule has 1 heterocycles. The van der Waals surface area contributed by atoms with Crippen molar-refractivity contribution < 1.29 is 14.1 Å². The monoisotopic (exact) mass is 322 g/mol. The highest BCUT2D eigenvalue weighted by molar-refractivity contribution is 5.88. The fourth-order valence-corrected chi connectivity index (χ4v) is 2.08. The Bertz CT molecular complexity index is 513. The van der Waals surface area contributed by atoms with Crippen LogP contribution in [-0.2, 0) is 22.4 Å². The minimum atomic E-state index is -0.532. The van der Waals surface area contributed by atoms with Crippen molar-refractivity contribution >= 4 is 5.97 Å². The SMILES string of the molecule is C=C(Cc1nc(CCCCCC(C)C)no1)C(=O)OC(C)(C)C. The Morgan fingerprint density at radius 1 is 1.26 bits per heavy atom. The van der Waals surface area contributed by atoms with Gasteiger partial charge in [-0.2, -0.15) is 4.98 Å². The van der Waals surface area contributed by atoms with Gasteiger partial charge in [-0.1, -0.05) is 44.8 Å². The van der Waals surface area contributed by atoms with Crippen LogP contribution in [0.3, 0.4) is 0 Å². The molecule has 0 aliphatic carbocycles.